The summed E-state index contributed by atoms with van der Waals surface area (Å²) in [7, 11) is 0. The van der Waals surface area contributed by atoms with Gasteiger partial charge in [-0.3, -0.25) is 14.4 Å². The van der Waals surface area contributed by atoms with Crippen molar-refractivity contribution in [3.05, 3.63) is 60.8 Å². The second kappa shape index (κ2) is 53.7. The van der Waals surface area contributed by atoms with Crippen molar-refractivity contribution in [1.29, 1.82) is 0 Å². The summed E-state index contributed by atoms with van der Waals surface area (Å²) in [5.41, 5.74) is 0. The molecule has 0 rings (SSSR count). The number of rotatable bonds is 50. The van der Waals surface area contributed by atoms with Crippen molar-refractivity contribution in [2.24, 2.45) is 0 Å². The molecule has 1 unspecified atom stereocenters. The summed E-state index contributed by atoms with van der Waals surface area (Å²) in [6.45, 7) is 6.52. The van der Waals surface area contributed by atoms with E-state index < -0.39 is 6.10 Å². The molecule has 0 aliphatic carbocycles. The molecule has 0 bridgehead atoms. The van der Waals surface area contributed by atoms with Crippen molar-refractivity contribution < 1.29 is 28.6 Å². The lowest BCUT2D eigenvalue weighted by Crippen LogP contribution is -2.30. The van der Waals surface area contributed by atoms with Gasteiger partial charge in [-0.05, 0) is 89.9 Å². The third-order valence-corrected chi connectivity index (χ3v) is 12.0. The average molecular weight is 909 g/mol. The van der Waals surface area contributed by atoms with Crippen LogP contribution < -0.4 is 0 Å². The van der Waals surface area contributed by atoms with Gasteiger partial charge in [0.25, 0.3) is 0 Å². The van der Waals surface area contributed by atoms with Crippen LogP contribution >= 0.6 is 0 Å². The van der Waals surface area contributed by atoms with E-state index in [2.05, 4.69) is 81.5 Å². The third kappa shape index (κ3) is 51.9. The third-order valence-electron chi connectivity index (χ3n) is 12.0. The number of carbonyl (C=O) groups excluding carboxylic acids is 3. The number of esters is 3. The number of unbranched alkanes of at least 4 members (excludes halogenated alkanes) is 29. The van der Waals surface area contributed by atoms with Gasteiger partial charge in [-0.25, -0.2) is 0 Å². The molecule has 6 heteroatoms. The summed E-state index contributed by atoms with van der Waals surface area (Å²) in [6.07, 6.45) is 66.7. The molecule has 65 heavy (non-hydrogen) atoms. The first-order valence-corrected chi connectivity index (χ1v) is 27.8. The maximum absolute atomic E-state index is 12.8. The van der Waals surface area contributed by atoms with Crippen molar-refractivity contribution in [2.45, 2.75) is 284 Å². The number of ether oxygens (including phenoxy) is 3. The van der Waals surface area contributed by atoms with Gasteiger partial charge in [0.2, 0.25) is 0 Å². The molecular formula is C59H104O6. The van der Waals surface area contributed by atoms with Gasteiger partial charge in [0.1, 0.15) is 13.2 Å². The minimum absolute atomic E-state index is 0.0787. The first kappa shape index (κ1) is 62.1. The molecule has 0 amide bonds. The Labute approximate surface area is 402 Å². The van der Waals surface area contributed by atoms with Gasteiger partial charge in [-0.15, -0.1) is 0 Å². The lowest BCUT2D eigenvalue weighted by molar-refractivity contribution is -0.167. The van der Waals surface area contributed by atoms with Gasteiger partial charge in [0.05, 0.1) is 0 Å². The van der Waals surface area contributed by atoms with Gasteiger partial charge in [0, 0.05) is 19.3 Å². The fourth-order valence-electron chi connectivity index (χ4n) is 7.77. The normalized spacial score (nSPS) is 12.5. The summed E-state index contributed by atoms with van der Waals surface area (Å²) >= 11 is 0. The summed E-state index contributed by atoms with van der Waals surface area (Å²) in [5.74, 6) is -0.897. The molecule has 0 saturated heterocycles. The Balaban J connectivity index is 4.13. The summed E-state index contributed by atoms with van der Waals surface area (Å²) < 4.78 is 16.7. The Kier molecular flexibility index (Phi) is 51.3. The van der Waals surface area contributed by atoms with E-state index in [4.69, 9.17) is 14.2 Å². The Bertz CT molecular complexity index is 1180. The Hall–Kier alpha value is -2.89. The van der Waals surface area contributed by atoms with Gasteiger partial charge in [0.15, 0.2) is 6.10 Å². The first-order valence-electron chi connectivity index (χ1n) is 27.8. The predicted molar refractivity (Wildman–Crippen MR) is 279 cm³/mol. The zero-order valence-corrected chi connectivity index (χ0v) is 43.0. The SMILES string of the molecule is CCCCC/C=C\C/C=C\CCCCCCCCCCCC(=O)OC(COC(=O)CCCCCCC)COC(=O)CCCCCCCCCC/C=C\C/C=C\C/C=C\CCCCCCC. The molecule has 0 fully saturated rings. The molecule has 0 radical (unpaired) electrons. The van der Waals surface area contributed by atoms with Gasteiger partial charge in [-0.2, -0.15) is 0 Å². The topological polar surface area (TPSA) is 78.9 Å². The van der Waals surface area contributed by atoms with Crippen LogP contribution in [0, 0.1) is 0 Å². The van der Waals surface area contributed by atoms with Crippen LogP contribution in [0.2, 0.25) is 0 Å². The van der Waals surface area contributed by atoms with E-state index in [1.807, 2.05) is 0 Å². The van der Waals surface area contributed by atoms with Crippen molar-refractivity contribution in [3.8, 4) is 0 Å². The van der Waals surface area contributed by atoms with Crippen molar-refractivity contribution in [3.63, 3.8) is 0 Å². The van der Waals surface area contributed by atoms with Crippen molar-refractivity contribution in [2.75, 3.05) is 13.2 Å². The highest BCUT2D eigenvalue weighted by atomic mass is 16.6. The number of allylic oxidation sites excluding steroid dienone is 10. The fraction of sp³-hybridized carbons (Fsp3) is 0.780. The van der Waals surface area contributed by atoms with Crippen LogP contribution in [-0.2, 0) is 28.6 Å². The predicted octanol–water partition coefficient (Wildman–Crippen LogP) is 18.4. The van der Waals surface area contributed by atoms with E-state index in [1.54, 1.807) is 0 Å². The second-order valence-electron chi connectivity index (χ2n) is 18.5. The molecule has 6 nitrogen and oxygen atoms in total. The molecule has 0 aliphatic heterocycles. The zero-order valence-electron chi connectivity index (χ0n) is 43.0. The maximum Gasteiger partial charge on any atom is 0.306 e. The molecule has 0 saturated carbocycles. The molecular weight excluding hydrogens is 805 g/mol. The molecule has 0 aromatic heterocycles. The zero-order chi connectivity index (χ0) is 47.2. The standard InChI is InChI=1S/C59H104O6/c1-4-7-10-13-15-17-19-21-23-25-27-28-29-30-32-33-35-37-39-41-43-46-49-52-58(61)64-55-56(54-63-57(60)51-48-45-12-9-6-3)65-59(62)53-50-47-44-42-40-38-36-34-31-26-24-22-20-18-16-14-11-8-5-2/h16,18-19,21-22,24-25,27,29-30,56H,4-15,17,20,23,26,28,31-55H2,1-3H3/b18-16-,21-19-,24-22-,27-25-,30-29-. The molecule has 0 aromatic carbocycles. The van der Waals surface area contributed by atoms with Crippen LogP contribution in [0.3, 0.4) is 0 Å². The maximum atomic E-state index is 12.8. The summed E-state index contributed by atoms with van der Waals surface area (Å²) in [6, 6.07) is 0. The second-order valence-corrected chi connectivity index (χ2v) is 18.5. The molecule has 376 valence electrons. The Morgan fingerprint density at radius 1 is 0.308 bits per heavy atom. The van der Waals surface area contributed by atoms with Crippen molar-refractivity contribution >= 4 is 17.9 Å². The Morgan fingerprint density at radius 2 is 0.554 bits per heavy atom. The van der Waals surface area contributed by atoms with E-state index >= 15 is 0 Å². The van der Waals surface area contributed by atoms with Crippen LogP contribution in [0.4, 0.5) is 0 Å². The monoisotopic (exact) mass is 909 g/mol. The lowest BCUT2D eigenvalue weighted by atomic mass is 10.1. The molecule has 0 heterocycles. The van der Waals surface area contributed by atoms with E-state index in [9.17, 15) is 14.4 Å². The molecule has 0 aliphatic rings. The highest BCUT2D eigenvalue weighted by Gasteiger charge is 2.19. The van der Waals surface area contributed by atoms with E-state index in [-0.39, 0.29) is 31.1 Å². The van der Waals surface area contributed by atoms with Gasteiger partial charge >= 0.3 is 17.9 Å². The van der Waals surface area contributed by atoms with E-state index in [1.165, 1.54) is 148 Å². The minimum Gasteiger partial charge on any atom is -0.462 e. The van der Waals surface area contributed by atoms with Crippen LogP contribution in [0.5, 0.6) is 0 Å². The number of hydrogen-bond donors (Lipinski definition) is 0. The highest BCUT2D eigenvalue weighted by molar-refractivity contribution is 5.71. The summed E-state index contributed by atoms with van der Waals surface area (Å²) in [4.78, 5) is 37.8. The van der Waals surface area contributed by atoms with Crippen LogP contribution in [0.15, 0.2) is 60.8 Å². The minimum atomic E-state index is -0.775. The number of carbonyl (C=O) groups is 3. The van der Waals surface area contributed by atoms with Crippen LogP contribution in [0.1, 0.15) is 278 Å². The van der Waals surface area contributed by atoms with Gasteiger partial charge in [-0.1, -0.05) is 229 Å². The molecule has 0 N–H and O–H groups in total. The van der Waals surface area contributed by atoms with Gasteiger partial charge < -0.3 is 14.2 Å². The quantitative estimate of drug-likeness (QED) is 0.0262. The first-order chi connectivity index (χ1) is 32.0. The Morgan fingerprint density at radius 3 is 0.892 bits per heavy atom. The smallest absolute Gasteiger partial charge is 0.306 e. The number of hydrogen-bond acceptors (Lipinski definition) is 6. The van der Waals surface area contributed by atoms with Crippen LogP contribution in [-0.4, -0.2) is 37.2 Å². The molecule has 0 aromatic rings. The average Bonchev–Trinajstić information content (AvgIpc) is 3.30. The lowest BCUT2D eigenvalue weighted by Gasteiger charge is -2.18. The fourth-order valence-corrected chi connectivity index (χ4v) is 7.77. The largest absolute Gasteiger partial charge is 0.462 e. The van der Waals surface area contributed by atoms with Crippen molar-refractivity contribution in [1.82, 2.24) is 0 Å². The molecule has 1 atom stereocenters. The van der Waals surface area contributed by atoms with Crippen LogP contribution in [0.25, 0.3) is 0 Å². The summed E-state index contributed by atoms with van der Waals surface area (Å²) in [5, 5.41) is 0. The van der Waals surface area contributed by atoms with E-state index in [0.717, 1.165) is 89.9 Å². The molecule has 0 spiro atoms. The van der Waals surface area contributed by atoms with E-state index in [0.29, 0.717) is 19.3 Å². The highest BCUT2D eigenvalue weighted by Crippen LogP contribution is 2.15.